The zero-order valence-electron chi connectivity index (χ0n) is 16.1. The van der Waals surface area contributed by atoms with Crippen molar-refractivity contribution in [2.24, 2.45) is 0 Å². The van der Waals surface area contributed by atoms with Crippen molar-refractivity contribution in [3.05, 3.63) is 40.8 Å². The van der Waals surface area contributed by atoms with Crippen LogP contribution in [0.2, 0.25) is 0 Å². The minimum atomic E-state index is -3.85. The van der Waals surface area contributed by atoms with Crippen LogP contribution in [-0.4, -0.2) is 36.4 Å². The van der Waals surface area contributed by atoms with Gasteiger partial charge in [0.05, 0.1) is 0 Å². The van der Waals surface area contributed by atoms with E-state index in [1.807, 2.05) is 32.0 Å². The number of anilines is 1. The molecule has 0 unspecified atom stereocenters. The molecule has 1 amide bonds. The number of benzene rings is 1. The molecule has 0 bridgehead atoms. The number of carbonyl (C=O) groups excluding carboxylic acids is 1. The van der Waals surface area contributed by atoms with Crippen LogP contribution in [0.5, 0.6) is 0 Å². The Morgan fingerprint density at radius 3 is 2.70 bits per heavy atom. The molecule has 1 atom stereocenters. The van der Waals surface area contributed by atoms with Crippen LogP contribution in [-0.2, 0) is 21.2 Å². The Hall–Kier alpha value is -2.19. The second-order valence-corrected chi connectivity index (χ2v) is 8.71. The zero-order valence-corrected chi connectivity index (χ0v) is 16.9. The average molecular weight is 391 g/mol. The lowest BCUT2D eigenvalue weighted by Gasteiger charge is -2.24. The van der Waals surface area contributed by atoms with Gasteiger partial charge in [0.25, 0.3) is 0 Å². The second kappa shape index (κ2) is 7.44. The summed E-state index contributed by atoms with van der Waals surface area (Å²) < 4.78 is 32.6. The predicted octanol–water partition coefficient (Wildman–Crippen LogP) is 2.95. The van der Waals surface area contributed by atoms with Crippen LogP contribution < -0.4 is 5.32 Å². The molecule has 3 rings (SSSR count). The summed E-state index contributed by atoms with van der Waals surface area (Å²) in [6, 6.07) is 5.11. The van der Waals surface area contributed by atoms with E-state index in [1.54, 1.807) is 13.8 Å². The van der Waals surface area contributed by atoms with Gasteiger partial charge in [0.2, 0.25) is 15.9 Å². The molecule has 27 heavy (non-hydrogen) atoms. The predicted molar refractivity (Wildman–Crippen MR) is 102 cm³/mol. The van der Waals surface area contributed by atoms with Crippen molar-refractivity contribution >= 4 is 21.6 Å². The molecule has 1 aliphatic rings. The minimum absolute atomic E-state index is 0.0624. The first kappa shape index (κ1) is 19.6. The Kier molecular flexibility index (Phi) is 5.39. The number of carbonyl (C=O) groups is 1. The quantitative estimate of drug-likeness (QED) is 0.846. The molecule has 7 nitrogen and oxygen atoms in total. The maximum absolute atomic E-state index is 13.1. The fourth-order valence-electron chi connectivity index (χ4n) is 3.66. The molecule has 1 aliphatic heterocycles. The number of aryl methyl sites for hydroxylation is 4. The van der Waals surface area contributed by atoms with E-state index in [0.717, 1.165) is 23.2 Å². The maximum atomic E-state index is 13.1. The SMILES string of the molecule is CCc1cccc(C)c1NC(=O)[C@H]1CCCN1S(=O)(=O)c1c(C)noc1C. The van der Waals surface area contributed by atoms with Gasteiger partial charge < -0.3 is 9.84 Å². The van der Waals surface area contributed by atoms with Gasteiger partial charge in [0, 0.05) is 12.2 Å². The maximum Gasteiger partial charge on any atom is 0.249 e. The number of nitrogens with zero attached hydrogens (tertiary/aromatic N) is 2. The standard InChI is InChI=1S/C19H25N3O4S/c1-5-15-9-6-8-12(2)17(15)20-19(23)16-10-7-11-22(16)27(24,25)18-13(3)21-26-14(18)4/h6,8-9,16H,5,7,10-11H2,1-4H3,(H,20,23)/t16-/m1/s1. The first-order valence-electron chi connectivity index (χ1n) is 9.11. The number of para-hydroxylation sites is 1. The third kappa shape index (κ3) is 3.51. The highest BCUT2D eigenvalue weighted by Crippen LogP contribution is 2.31. The van der Waals surface area contributed by atoms with E-state index in [0.29, 0.717) is 25.1 Å². The Labute approximate surface area is 159 Å². The van der Waals surface area contributed by atoms with Crippen molar-refractivity contribution < 1.29 is 17.7 Å². The van der Waals surface area contributed by atoms with Crippen molar-refractivity contribution in [3.8, 4) is 0 Å². The second-order valence-electron chi connectivity index (χ2n) is 6.88. The lowest BCUT2D eigenvalue weighted by Crippen LogP contribution is -2.43. The number of hydrogen-bond acceptors (Lipinski definition) is 5. The average Bonchev–Trinajstić information content (AvgIpc) is 3.24. The molecule has 0 spiro atoms. The molecule has 2 aromatic rings. The number of nitrogens with one attached hydrogen (secondary N) is 1. The summed E-state index contributed by atoms with van der Waals surface area (Å²) in [7, 11) is -3.85. The Balaban J connectivity index is 1.90. The Morgan fingerprint density at radius 2 is 2.07 bits per heavy atom. The molecule has 0 saturated carbocycles. The van der Waals surface area contributed by atoms with E-state index in [1.165, 1.54) is 4.31 Å². The summed E-state index contributed by atoms with van der Waals surface area (Å²) in [6.07, 6.45) is 1.90. The van der Waals surface area contributed by atoms with Crippen LogP contribution in [0.3, 0.4) is 0 Å². The summed E-state index contributed by atoms with van der Waals surface area (Å²) in [4.78, 5) is 13.0. The monoisotopic (exact) mass is 391 g/mol. The van der Waals surface area contributed by atoms with Gasteiger partial charge in [0.15, 0.2) is 5.76 Å². The van der Waals surface area contributed by atoms with Gasteiger partial charge in [-0.1, -0.05) is 30.3 Å². The van der Waals surface area contributed by atoms with Crippen LogP contribution in [0.4, 0.5) is 5.69 Å². The molecule has 1 saturated heterocycles. The van der Waals surface area contributed by atoms with Gasteiger partial charge in [-0.25, -0.2) is 8.42 Å². The molecular formula is C19H25N3O4S. The molecule has 146 valence electrons. The topological polar surface area (TPSA) is 92.5 Å². The van der Waals surface area contributed by atoms with E-state index in [2.05, 4.69) is 10.5 Å². The van der Waals surface area contributed by atoms with Gasteiger partial charge in [0.1, 0.15) is 16.6 Å². The summed E-state index contributed by atoms with van der Waals surface area (Å²) in [5, 5.41) is 6.71. The number of amides is 1. The van der Waals surface area contributed by atoms with Crippen LogP contribution in [0.1, 0.15) is 42.3 Å². The number of aromatic nitrogens is 1. The summed E-state index contributed by atoms with van der Waals surface area (Å²) >= 11 is 0. The molecular weight excluding hydrogens is 366 g/mol. The molecule has 1 aromatic carbocycles. The Bertz CT molecular complexity index is 946. The van der Waals surface area contributed by atoms with E-state index in [-0.39, 0.29) is 16.6 Å². The van der Waals surface area contributed by atoms with Crippen molar-refractivity contribution in [2.75, 3.05) is 11.9 Å². The highest BCUT2D eigenvalue weighted by atomic mass is 32.2. The Morgan fingerprint density at radius 1 is 1.33 bits per heavy atom. The van der Waals surface area contributed by atoms with Gasteiger partial charge >= 0.3 is 0 Å². The van der Waals surface area contributed by atoms with Gasteiger partial charge in [-0.15, -0.1) is 0 Å². The molecule has 1 N–H and O–H groups in total. The first-order valence-corrected chi connectivity index (χ1v) is 10.6. The highest BCUT2D eigenvalue weighted by molar-refractivity contribution is 7.89. The van der Waals surface area contributed by atoms with Gasteiger partial charge in [-0.2, -0.15) is 4.31 Å². The lowest BCUT2D eigenvalue weighted by molar-refractivity contribution is -0.119. The summed E-state index contributed by atoms with van der Waals surface area (Å²) in [5.74, 6) is -0.0578. The van der Waals surface area contributed by atoms with E-state index < -0.39 is 16.1 Å². The minimum Gasteiger partial charge on any atom is -0.360 e. The number of rotatable bonds is 5. The van der Waals surface area contributed by atoms with Crippen LogP contribution in [0.25, 0.3) is 0 Å². The summed E-state index contributed by atoms with van der Waals surface area (Å²) in [6.45, 7) is 7.42. The molecule has 1 fully saturated rings. The number of sulfonamides is 1. The van der Waals surface area contributed by atoms with Crippen LogP contribution in [0.15, 0.2) is 27.6 Å². The van der Waals surface area contributed by atoms with Gasteiger partial charge in [-0.3, -0.25) is 4.79 Å². The van der Waals surface area contributed by atoms with Crippen molar-refractivity contribution in [1.82, 2.24) is 9.46 Å². The van der Waals surface area contributed by atoms with Crippen molar-refractivity contribution in [3.63, 3.8) is 0 Å². The third-order valence-electron chi connectivity index (χ3n) is 5.03. The van der Waals surface area contributed by atoms with E-state index >= 15 is 0 Å². The molecule has 8 heteroatoms. The highest BCUT2D eigenvalue weighted by Gasteiger charge is 2.42. The van der Waals surface area contributed by atoms with Crippen LogP contribution >= 0.6 is 0 Å². The van der Waals surface area contributed by atoms with E-state index in [4.69, 9.17) is 4.52 Å². The third-order valence-corrected chi connectivity index (χ3v) is 7.18. The largest absolute Gasteiger partial charge is 0.360 e. The summed E-state index contributed by atoms with van der Waals surface area (Å²) in [5.41, 5.74) is 3.07. The number of hydrogen-bond donors (Lipinski definition) is 1. The molecule has 0 radical (unpaired) electrons. The lowest BCUT2D eigenvalue weighted by atomic mass is 10.1. The zero-order chi connectivity index (χ0) is 19.8. The van der Waals surface area contributed by atoms with Crippen LogP contribution in [0, 0.1) is 20.8 Å². The normalized spacial score (nSPS) is 18.0. The fourth-order valence-corrected chi connectivity index (χ4v) is 5.61. The first-order chi connectivity index (χ1) is 12.8. The molecule has 0 aliphatic carbocycles. The van der Waals surface area contributed by atoms with Crippen molar-refractivity contribution in [2.45, 2.75) is 57.9 Å². The molecule has 2 heterocycles. The van der Waals surface area contributed by atoms with E-state index in [9.17, 15) is 13.2 Å². The smallest absolute Gasteiger partial charge is 0.249 e. The fraction of sp³-hybridized carbons (Fsp3) is 0.474. The van der Waals surface area contributed by atoms with Gasteiger partial charge in [-0.05, 0) is 51.2 Å². The van der Waals surface area contributed by atoms with Crippen molar-refractivity contribution in [1.29, 1.82) is 0 Å². The molecule has 1 aromatic heterocycles.